The lowest BCUT2D eigenvalue weighted by Crippen LogP contribution is -1.92. The maximum atomic E-state index is 5.10. The molecule has 0 aliphatic heterocycles. The number of rotatable bonds is 3. The molecule has 0 fully saturated rings. The van der Waals surface area contributed by atoms with Gasteiger partial charge in [0.2, 0.25) is 0 Å². The molecule has 14 heavy (non-hydrogen) atoms. The Balaban J connectivity index is 3.02. The molecule has 74 valence electrons. The maximum Gasteiger partial charge on any atom is 0.118 e. The topological polar surface area (TPSA) is 9.23 Å². The molecule has 0 heterocycles. The third kappa shape index (κ3) is 2.27. The van der Waals surface area contributed by atoms with Crippen LogP contribution in [-0.2, 0) is 0 Å². The van der Waals surface area contributed by atoms with E-state index in [-0.39, 0.29) is 0 Å². The van der Waals surface area contributed by atoms with Crippen LogP contribution in [0, 0.1) is 5.92 Å². The first-order chi connectivity index (χ1) is 6.69. The van der Waals surface area contributed by atoms with Gasteiger partial charge in [0, 0.05) is 5.57 Å². The van der Waals surface area contributed by atoms with E-state index in [0.29, 0.717) is 5.92 Å². The van der Waals surface area contributed by atoms with Gasteiger partial charge in [0.25, 0.3) is 0 Å². The van der Waals surface area contributed by atoms with Gasteiger partial charge in [-0.2, -0.15) is 0 Å². The molecule has 0 radical (unpaired) electrons. The Morgan fingerprint density at radius 1 is 1.29 bits per heavy atom. The standard InChI is InChI=1S/C13H16O/c1-5-13(10(2)3)11-6-8-12(14-4)9-7-11/h6-10H,1H2,2-4H3. The number of methoxy groups -OCH3 is 1. The van der Waals surface area contributed by atoms with Crippen molar-refractivity contribution < 1.29 is 4.74 Å². The van der Waals surface area contributed by atoms with Crippen molar-refractivity contribution in [3.8, 4) is 5.75 Å². The summed E-state index contributed by atoms with van der Waals surface area (Å²) in [7, 11) is 1.67. The summed E-state index contributed by atoms with van der Waals surface area (Å²) >= 11 is 0. The van der Waals surface area contributed by atoms with Gasteiger partial charge in [-0.15, -0.1) is 5.73 Å². The van der Waals surface area contributed by atoms with Crippen LogP contribution in [0.4, 0.5) is 0 Å². The van der Waals surface area contributed by atoms with Gasteiger partial charge in [-0.25, -0.2) is 0 Å². The molecule has 0 aromatic heterocycles. The van der Waals surface area contributed by atoms with E-state index in [1.807, 2.05) is 24.3 Å². The molecule has 1 aromatic rings. The van der Waals surface area contributed by atoms with Crippen LogP contribution >= 0.6 is 0 Å². The van der Waals surface area contributed by atoms with Crippen molar-refractivity contribution in [3.63, 3.8) is 0 Å². The summed E-state index contributed by atoms with van der Waals surface area (Å²) in [4.78, 5) is 0. The third-order valence-corrected chi connectivity index (χ3v) is 2.17. The molecule has 1 nitrogen and oxygen atoms in total. The van der Waals surface area contributed by atoms with E-state index in [1.54, 1.807) is 7.11 Å². The maximum absolute atomic E-state index is 5.10. The Morgan fingerprint density at radius 2 is 1.86 bits per heavy atom. The van der Waals surface area contributed by atoms with E-state index in [0.717, 1.165) is 16.9 Å². The molecule has 0 N–H and O–H groups in total. The first-order valence-electron chi connectivity index (χ1n) is 4.73. The summed E-state index contributed by atoms with van der Waals surface area (Å²) < 4.78 is 5.10. The second-order valence-electron chi connectivity index (χ2n) is 3.47. The molecular formula is C13H16O. The number of benzene rings is 1. The SMILES string of the molecule is C=C=C(c1ccc(OC)cc1)C(C)C. The second kappa shape index (κ2) is 4.69. The van der Waals surface area contributed by atoms with Gasteiger partial charge in [0.15, 0.2) is 0 Å². The Morgan fingerprint density at radius 3 is 2.21 bits per heavy atom. The van der Waals surface area contributed by atoms with Crippen LogP contribution in [0.15, 0.2) is 36.6 Å². The monoisotopic (exact) mass is 188 g/mol. The van der Waals surface area contributed by atoms with Gasteiger partial charge >= 0.3 is 0 Å². The molecule has 0 aliphatic rings. The zero-order chi connectivity index (χ0) is 10.6. The van der Waals surface area contributed by atoms with Gasteiger partial charge in [-0.3, -0.25) is 0 Å². The van der Waals surface area contributed by atoms with Crippen LogP contribution in [0.2, 0.25) is 0 Å². The molecular weight excluding hydrogens is 172 g/mol. The highest BCUT2D eigenvalue weighted by atomic mass is 16.5. The molecule has 0 saturated carbocycles. The quantitative estimate of drug-likeness (QED) is 0.659. The minimum Gasteiger partial charge on any atom is -0.497 e. The molecule has 0 spiro atoms. The average Bonchev–Trinajstić information content (AvgIpc) is 2.19. The lowest BCUT2D eigenvalue weighted by Gasteiger charge is -2.09. The van der Waals surface area contributed by atoms with E-state index >= 15 is 0 Å². The number of hydrogen-bond donors (Lipinski definition) is 0. The van der Waals surface area contributed by atoms with Crippen LogP contribution in [0.25, 0.3) is 5.57 Å². The van der Waals surface area contributed by atoms with E-state index < -0.39 is 0 Å². The highest BCUT2D eigenvalue weighted by molar-refractivity contribution is 5.66. The molecule has 0 saturated heterocycles. The van der Waals surface area contributed by atoms with Crippen molar-refractivity contribution in [2.75, 3.05) is 7.11 Å². The predicted molar refractivity (Wildman–Crippen MR) is 60.4 cm³/mol. The van der Waals surface area contributed by atoms with Crippen LogP contribution in [-0.4, -0.2) is 7.11 Å². The molecule has 0 aliphatic carbocycles. The Labute approximate surface area is 85.7 Å². The molecule has 1 aromatic carbocycles. The first kappa shape index (κ1) is 10.6. The third-order valence-electron chi connectivity index (χ3n) is 2.17. The summed E-state index contributed by atoms with van der Waals surface area (Å²) in [5, 5.41) is 0. The summed E-state index contributed by atoms with van der Waals surface area (Å²) in [5.74, 6) is 1.32. The van der Waals surface area contributed by atoms with Crippen molar-refractivity contribution in [1.29, 1.82) is 0 Å². The minimum atomic E-state index is 0.445. The number of ether oxygens (including phenoxy) is 1. The Kier molecular flexibility index (Phi) is 3.55. The molecule has 0 atom stereocenters. The highest BCUT2D eigenvalue weighted by Gasteiger charge is 2.04. The van der Waals surface area contributed by atoms with Crippen molar-refractivity contribution in [2.45, 2.75) is 13.8 Å². The largest absolute Gasteiger partial charge is 0.497 e. The second-order valence-corrected chi connectivity index (χ2v) is 3.47. The number of allylic oxidation sites excluding steroid dienone is 1. The molecule has 1 heteroatoms. The van der Waals surface area contributed by atoms with E-state index in [2.05, 4.69) is 26.2 Å². The minimum absolute atomic E-state index is 0.445. The fraction of sp³-hybridized carbons (Fsp3) is 0.308. The molecule has 0 unspecified atom stereocenters. The lowest BCUT2D eigenvalue weighted by molar-refractivity contribution is 0.415. The van der Waals surface area contributed by atoms with Gasteiger partial charge in [-0.05, 0) is 23.6 Å². The fourth-order valence-electron chi connectivity index (χ4n) is 1.41. The van der Waals surface area contributed by atoms with Crippen LogP contribution in [0.3, 0.4) is 0 Å². The van der Waals surface area contributed by atoms with Crippen molar-refractivity contribution in [2.24, 2.45) is 5.92 Å². The van der Waals surface area contributed by atoms with Crippen molar-refractivity contribution in [1.82, 2.24) is 0 Å². The van der Waals surface area contributed by atoms with Crippen LogP contribution < -0.4 is 4.74 Å². The van der Waals surface area contributed by atoms with Gasteiger partial charge < -0.3 is 4.74 Å². The van der Waals surface area contributed by atoms with Crippen LogP contribution in [0.5, 0.6) is 5.75 Å². The van der Waals surface area contributed by atoms with Crippen LogP contribution in [0.1, 0.15) is 19.4 Å². The fourth-order valence-corrected chi connectivity index (χ4v) is 1.41. The smallest absolute Gasteiger partial charge is 0.118 e. The molecule has 0 amide bonds. The summed E-state index contributed by atoms with van der Waals surface area (Å²) in [6, 6.07) is 7.98. The number of hydrogen-bond acceptors (Lipinski definition) is 1. The van der Waals surface area contributed by atoms with E-state index in [1.165, 1.54) is 0 Å². The van der Waals surface area contributed by atoms with E-state index in [9.17, 15) is 0 Å². The van der Waals surface area contributed by atoms with Gasteiger partial charge in [-0.1, -0.05) is 32.6 Å². The predicted octanol–water partition coefficient (Wildman–Crippen LogP) is 3.52. The molecule has 0 bridgehead atoms. The highest BCUT2D eigenvalue weighted by Crippen LogP contribution is 2.23. The Hall–Kier alpha value is -1.46. The average molecular weight is 188 g/mol. The lowest BCUT2D eigenvalue weighted by atomic mass is 9.96. The van der Waals surface area contributed by atoms with Crippen molar-refractivity contribution >= 4 is 5.57 Å². The summed E-state index contributed by atoms with van der Waals surface area (Å²) in [5.41, 5.74) is 5.29. The van der Waals surface area contributed by atoms with Gasteiger partial charge in [0.1, 0.15) is 5.75 Å². The molecule has 1 rings (SSSR count). The normalized spacial score (nSPS) is 9.71. The summed E-state index contributed by atoms with van der Waals surface area (Å²) in [6.45, 7) is 7.98. The zero-order valence-corrected chi connectivity index (χ0v) is 9.00. The summed E-state index contributed by atoms with van der Waals surface area (Å²) in [6.07, 6.45) is 0. The van der Waals surface area contributed by atoms with Gasteiger partial charge in [0.05, 0.1) is 7.11 Å². The van der Waals surface area contributed by atoms with Crippen molar-refractivity contribution in [3.05, 3.63) is 42.1 Å². The first-order valence-corrected chi connectivity index (χ1v) is 4.73. The van der Waals surface area contributed by atoms with E-state index in [4.69, 9.17) is 4.74 Å². The zero-order valence-electron chi connectivity index (χ0n) is 9.00. The Bertz CT molecular complexity index is 340.